The summed E-state index contributed by atoms with van der Waals surface area (Å²) in [5.74, 6) is 1.72. The number of hydrogen-bond donors (Lipinski definition) is 0. The predicted octanol–water partition coefficient (Wildman–Crippen LogP) is 4.81. The summed E-state index contributed by atoms with van der Waals surface area (Å²) < 4.78 is 6.59. The van der Waals surface area contributed by atoms with Crippen LogP contribution in [0.25, 0.3) is 0 Å². The van der Waals surface area contributed by atoms with Gasteiger partial charge in [0.2, 0.25) is 0 Å². The molecule has 0 heterocycles. The molecule has 0 N–H and O–H groups in total. The quantitative estimate of drug-likeness (QED) is 0.756. The molecule has 0 saturated heterocycles. The molecular formula is C14H19BrO. The second-order valence-corrected chi connectivity index (χ2v) is 5.42. The summed E-state index contributed by atoms with van der Waals surface area (Å²) in [6.07, 6.45) is 6.84. The molecule has 88 valence electrons. The number of ether oxygens (including phenoxy) is 1. The third kappa shape index (κ3) is 2.27. The molecule has 1 aliphatic carbocycles. The largest absolute Gasteiger partial charge is 0.496 e. The van der Waals surface area contributed by atoms with Crippen molar-refractivity contribution in [1.82, 2.24) is 0 Å². The van der Waals surface area contributed by atoms with Gasteiger partial charge in [0.25, 0.3) is 0 Å². The summed E-state index contributed by atoms with van der Waals surface area (Å²) in [6, 6.07) is 4.33. The first-order chi connectivity index (χ1) is 7.74. The molecule has 0 radical (unpaired) electrons. The molecule has 1 aliphatic rings. The Balaban J connectivity index is 2.30. The van der Waals surface area contributed by atoms with E-state index in [0.717, 1.165) is 11.7 Å². The average molecular weight is 283 g/mol. The second kappa shape index (κ2) is 5.22. The van der Waals surface area contributed by atoms with E-state index in [1.807, 2.05) is 0 Å². The lowest BCUT2D eigenvalue weighted by Gasteiger charge is -2.24. The Morgan fingerprint density at radius 2 is 1.88 bits per heavy atom. The summed E-state index contributed by atoms with van der Waals surface area (Å²) in [5, 5.41) is 0. The van der Waals surface area contributed by atoms with Crippen LogP contribution >= 0.6 is 15.9 Å². The molecule has 2 rings (SSSR count). The minimum atomic E-state index is 0.743. The highest BCUT2D eigenvalue weighted by Gasteiger charge is 2.19. The Kier molecular flexibility index (Phi) is 3.91. The first kappa shape index (κ1) is 12.0. The second-order valence-electron chi connectivity index (χ2n) is 4.63. The van der Waals surface area contributed by atoms with E-state index in [4.69, 9.17) is 4.74 Å². The van der Waals surface area contributed by atoms with Crippen LogP contribution in [0.1, 0.15) is 49.1 Å². The molecule has 2 heteroatoms. The predicted molar refractivity (Wildman–Crippen MR) is 71.3 cm³/mol. The van der Waals surface area contributed by atoms with Crippen LogP contribution < -0.4 is 4.74 Å². The first-order valence-electron chi connectivity index (χ1n) is 6.07. The molecule has 0 aromatic heterocycles. The zero-order chi connectivity index (χ0) is 11.5. The van der Waals surface area contributed by atoms with Gasteiger partial charge in [-0.1, -0.05) is 41.3 Å². The average Bonchev–Trinajstić information content (AvgIpc) is 2.34. The van der Waals surface area contributed by atoms with Crippen molar-refractivity contribution in [2.75, 3.05) is 7.11 Å². The van der Waals surface area contributed by atoms with Gasteiger partial charge in [0.15, 0.2) is 0 Å². The van der Waals surface area contributed by atoms with Crippen LogP contribution in [-0.4, -0.2) is 7.11 Å². The fourth-order valence-electron chi connectivity index (χ4n) is 2.64. The number of methoxy groups -OCH3 is 1. The highest BCUT2D eigenvalue weighted by molar-refractivity contribution is 9.10. The Morgan fingerprint density at radius 3 is 2.50 bits per heavy atom. The molecule has 1 saturated carbocycles. The van der Waals surface area contributed by atoms with Crippen molar-refractivity contribution in [2.45, 2.75) is 44.9 Å². The van der Waals surface area contributed by atoms with Crippen molar-refractivity contribution in [3.05, 3.63) is 27.7 Å². The van der Waals surface area contributed by atoms with Crippen LogP contribution in [0, 0.1) is 6.92 Å². The lowest BCUT2D eigenvalue weighted by atomic mass is 9.83. The maximum absolute atomic E-state index is 5.34. The van der Waals surface area contributed by atoms with Crippen LogP contribution in [0.15, 0.2) is 16.6 Å². The van der Waals surface area contributed by atoms with Gasteiger partial charge in [0.1, 0.15) is 5.75 Å². The van der Waals surface area contributed by atoms with E-state index in [2.05, 4.69) is 35.0 Å². The molecule has 1 nitrogen and oxygen atoms in total. The summed E-state index contributed by atoms with van der Waals surface area (Å²) in [7, 11) is 1.73. The van der Waals surface area contributed by atoms with Gasteiger partial charge in [-0.2, -0.15) is 0 Å². The fourth-order valence-corrected chi connectivity index (χ4v) is 3.29. The lowest BCUT2D eigenvalue weighted by molar-refractivity contribution is 0.409. The Labute approximate surface area is 106 Å². The van der Waals surface area contributed by atoms with E-state index in [9.17, 15) is 0 Å². The van der Waals surface area contributed by atoms with Gasteiger partial charge in [-0.25, -0.2) is 0 Å². The molecule has 1 fully saturated rings. The number of benzene rings is 1. The highest BCUT2D eigenvalue weighted by Crippen LogP contribution is 2.39. The summed E-state index contributed by atoms with van der Waals surface area (Å²) in [6.45, 7) is 2.12. The maximum Gasteiger partial charge on any atom is 0.122 e. The topological polar surface area (TPSA) is 9.23 Å². The number of hydrogen-bond acceptors (Lipinski definition) is 1. The van der Waals surface area contributed by atoms with Crippen molar-refractivity contribution >= 4 is 15.9 Å². The Bertz CT molecular complexity index is 367. The van der Waals surface area contributed by atoms with E-state index in [1.54, 1.807) is 7.11 Å². The summed E-state index contributed by atoms with van der Waals surface area (Å²) >= 11 is 3.73. The molecule has 1 aromatic rings. The molecule has 0 amide bonds. The fraction of sp³-hybridized carbons (Fsp3) is 0.571. The first-order valence-corrected chi connectivity index (χ1v) is 6.86. The maximum atomic E-state index is 5.34. The third-order valence-electron chi connectivity index (χ3n) is 3.63. The Hall–Kier alpha value is -0.500. The van der Waals surface area contributed by atoms with Gasteiger partial charge in [-0.15, -0.1) is 0 Å². The van der Waals surface area contributed by atoms with Crippen LogP contribution in [0.5, 0.6) is 5.75 Å². The van der Waals surface area contributed by atoms with Gasteiger partial charge in [0.05, 0.1) is 7.11 Å². The SMILES string of the molecule is COc1ccc(C2CCCCC2)c(Br)c1C. The standard InChI is InChI=1S/C14H19BrO/c1-10-13(16-2)9-8-12(14(10)15)11-6-4-3-5-7-11/h8-9,11H,3-7H2,1-2H3. The Morgan fingerprint density at radius 1 is 1.19 bits per heavy atom. The van der Waals surface area contributed by atoms with Gasteiger partial charge < -0.3 is 4.74 Å². The van der Waals surface area contributed by atoms with E-state index in [-0.39, 0.29) is 0 Å². The van der Waals surface area contributed by atoms with Gasteiger partial charge in [0, 0.05) is 10.0 Å². The van der Waals surface area contributed by atoms with E-state index in [0.29, 0.717) is 0 Å². The summed E-state index contributed by atoms with van der Waals surface area (Å²) in [5.41, 5.74) is 2.70. The van der Waals surface area contributed by atoms with Crippen LogP contribution in [0.4, 0.5) is 0 Å². The van der Waals surface area contributed by atoms with E-state index < -0.39 is 0 Å². The normalized spacial score (nSPS) is 17.4. The highest BCUT2D eigenvalue weighted by atomic mass is 79.9. The van der Waals surface area contributed by atoms with Crippen LogP contribution in [-0.2, 0) is 0 Å². The van der Waals surface area contributed by atoms with E-state index in [1.165, 1.54) is 47.7 Å². The van der Waals surface area contributed by atoms with Gasteiger partial charge in [-0.3, -0.25) is 0 Å². The van der Waals surface area contributed by atoms with Gasteiger partial charge in [-0.05, 0) is 37.3 Å². The summed E-state index contributed by atoms with van der Waals surface area (Å²) in [4.78, 5) is 0. The van der Waals surface area contributed by atoms with Crippen molar-refractivity contribution in [3.8, 4) is 5.75 Å². The van der Waals surface area contributed by atoms with E-state index >= 15 is 0 Å². The minimum Gasteiger partial charge on any atom is -0.496 e. The molecular weight excluding hydrogens is 264 g/mol. The minimum absolute atomic E-state index is 0.743. The molecule has 0 bridgehead atoms. The molecule has 0 spiro atoms. The van der Waals surface area contributed by atoms with Crippen molar-refractivity contribution < 1.29 is 4.74 Å². The van der Waals surface area contributed by atoms with Crippen molar-refractivity contribution in [2.24, 2.45) is 0 Å². The zero-order valence-electron chi connectivity index (χ0n) is 10.1. The molecule has 1 aromatic carbocycles. The lowest BCUT2D eigenvalue weighted by Crippen LogP contribution is -2.06. The third-order valence-corrected chi connectivity index (χ3v) is 4.68. The molecule has 0 unspecified atom stereocenters. The molecule has 16 heavy (non-hydrogen) atoms. The van der Waals surface area contributed by atoms with Gasteiger partial charge >= 0.3 is 0 Å². The number of rotatable bonds is 2. The number of halogens is 1. The van der Waals surface area contributed by atoms with Crippen molar-refractivity contribution in [1.29, 1.82) is 0 Å². The molecule has 0 atom stereocenters. The molecule has 0 aliphatic heterocycles. The monoisotopic (exact) mass is 282 g/mol. The smallest absolute Gasteiger partial charge is 0.122 e. The zero-order valence-corrected chi connectivity index (χ0v) is 11.6. The van der Waals surface area contributed by atoms with Crippen LogP contribution in [0.3, 0.4) is 0 Å². The van der Waals surface area contributed by atoms with Crippen molar-refractivity contribution in [3.63, 3.8) is 0 Å². The van der Waals surface area contributed by atoms with Crippen LogP contribution in [0.2, 0.25) is 0 Å².